The van der Waals surface area contributed by atoms with Crippen LogP contribution < -0.4 is 0 Å². The molecule has 7 heteroatoms. The summed E-state index contributed by atoms with van der Waals surface area (Å²) in [6, 6.07) is 18.4. The Labute approximate surface area is 164 Å². The zero-order chi connectivity index (χ0) is 18.9. The van der Waals surface area contributed by atoms with Crippen molar-refractivity contribution < 1.29 is 4.39 Å². The highest BCUT2D eigenvalue weighted by molar-refractivity contribution is 7.98. The molecule has 0 radical (unpaired) electrons. The van der Waals surface area contributed by atoms with E-state index < -0.39 is 0 Å². The molecule has 0 atom stereocenters. The van der Waals surface area contributed by atoms with Crippen LogP contribution in [-0.2, 0) is 5.75 Å². The molecule has 0 saturated carbocycles. The molecule has 3 aromatic heterocycles. The lowest BCUT2D eigenvalue weighted by Gasteiger charge is -2.05. The van der Waals surface area contributed by atoms with E-state index in [1.165, 1.54) is 18.5 Å². The fourth-order valence-corrected chi connectivity index (χ4v) is 3.91. The third kappa shape index (κ3) is 3.10. The van der Waals surface area contributed by atoms with E-state index in [2.05, 4.69) is 27.2 Å². The smallest absolute Gasteiger partial charge is 0.167 e. The van der Waals surface area contributed by atoms with Gasteiger partial charge in [0.15, 0.2) is 5.65 Å². The Balaban J connectivity index is 1.45. The van der Waals surface area contributed by atoms with Gasteiger partial charge in [-0.25, -0.2) is 19.0 Å². The third-order valence-corrected chi connectivity index (χ3v) is 5.45. The molecule has 5 rings (SSSR count). The van der Waals surface area contributed by atoms with Crippen LogP contribution in [0.5, 0.6) is 0 Å². The quantitative estimate of drug-likeness (QED) is 0.328. The van der Waals surface area contributed by atoms with Gasteiger partial charge in [-0.3, -0.25) is 4.98 Å². The van der Waals surface area contributed by atoms with Gasteiger partial charge in [0.05, 0.1) is 28.5 Å². The van der Waals surface area contributed by atoms with Crippen LogP contribution in [0.4, 0.5) is 4.39 Å². The Kier molecular flexibility index (Phi) is 4.21. The largest absolute Gasteiger partial charge is 0.252 e. The molecule has 28 heavy (non-hydrogen) atoms. The van der Waals surface area contributed by atoms with E-state index in [4.69, 9.17) is 4.98 Å². The van der Waals surface area contributed by atoms with E-state index in [0.717, 1.165) is 32.7 Å². The SMILES string of the molecule is Fc1ccc(-n2ncc3c(SCc4ccc5ccccc5n4)ncnc32)cc1. The first-order valence-corrected chi connectivity index (χ1v) is 9.69. The molecule has 0 bridgehead atoms. The van der Waals surface area contributed by atoms with Crippen LogP contribution in [0.1, 0.15) is 5.69 Å². The van der Waals surface area contributed by atoms with E-state index in [-0.39, 0.29) is 5.82 Å². The van der Waals surface area contributed by atoms with Gasteiger partial charge in [0, 0.05) is 11.1 Å². The summed E-state index contributed by atoms with van der Waals surface area (Å²) in [7, 11) is 0. The van der Waals surface area contributed by atoms with Crippen LogP contribution in [-0.4, -0.2) is 24.7 Å². The van der Waals surface area contributed by atoms with E-state index >= 15 is 0 Å². The van der Waals surface area contributed by atoms with Gasteiger partial charge in [0.25, 0.3) is 0 Å². The molecule has 0 fully saturated rings. The zero-order valence-electron chi connectivity index (χ0n) is 14.7. The van der Waals surface area contributed by atoms with Gasteiger partial charge < -0.3 is 0 Å². The molecular weight excluding hydrogens is 373 g/mol. The topological polar surface area (TPSA) is 56.5 Å². The second-order valence-corrected chi connectivity index (χ2v) is 7.20. The predicted molar refractivity (Wildman–Crippen MR) is 108 cm³/mol. The van der Waals surface area contributed by atoms with Gasteiger partial charge in [-0.15, -0.1) is 0 Å². The first-order chi connectivity index (χ1) is 13.8. The second-order valence-electron chi connectivity index (χ2n) is 6.23. The number of rotatable bonds is 4. The Morgan fingerprint density at radius 2 is 1.79 bits per heavy atom. The highest BCUT2D eigenvalue weighted by Gasteiger charge is 2.12. The van der Waals surface area contributed by atoms with Crippen molar-refractivity contribution in [1.82, 2.24) is 24.7 Å². The summed E-state index contributed by atoms with van der Waals surface area (Å²) in [5.74, 6) is 0.410. The molecule has 2 aromatic carbocycles. The van der Waals surface area contributed by atoms with E-state index in [1.807, 2.05) is 24.3 Å². The first-order valence-electron chi connectivity index (χ1n) is 8.70. The monoisotopic (exact) mass is 387 g/mol. The standard InChI is InChI=1S/C21H14FN5S/c22-15-6-9-17(10-7-15)27-20-18(11-25-27)21(24-13-23-20)28-12-16-8-5-14-3-1-2-4-19(14)26-16/h1-11,13H,12H2. The molecular formula is C21H14FN5S. The number of benzene rings is 2. The molecule has 0 amide bonds. The normalized spacial score (nSPS) is 11.3. The van der Waals surface area contributed by atoms with Gasteiger partial charge in [0.2, 0.25) is 0 Å². The summed E-state index contributed by atoms with van der Waals surface area (Å²) in [4.78, 5) is 13.5. The highest BCUT2D eigenvalue weighted by Crippen LogP contribution is 2.28. The fraction of sp³-hybridized carbons (Fsp3) is 0.0476. The number of nitrogens with zero attached hydrogens (tertiary/aromatic N) is 5. The van der Waals surface area contributed by atoms with Crippen LogP contribution in [0.25, 0.3) is 27.6 Å². The summed E-state index contributed by atoms with van der Waals surface area (Å²) >= 11 is 1.60. The summed E-state index contributed by atoms with van der Waals surface area (Å²) in [5.41, 5.74) is 3.41. The number of fused-ring (bicyclic) bond motifs is 2. The number of thioether (sulfide) groups is 1. The van der Waals surface area contributed by atoms with Crippen molar-refractivity contribution in [3.8, 4) is 5.69 Å². The van der Waals surface area contributed by atoms with Crippen LogP contribution in [0, 0.1) is 5.82 Å². The molecule has 5 aromatic rings. The predicted octanol–water partition coefficient (Wildman–Crippen LogP) is 4.80. The molecule has 0 saturated heterocycles. The summed E-state index contributed by atoms with van der Waals surface area (Å²) in [6.45, 7) is 0. The summed E-state index contributed by atoms with van der Waals surface area (Å²) in [5, 5.41) is 7.24. The van der Waals surface area contributed by atoms with Crippen molar-refractivity contribution in [2.45, 2.75) is 10.8 Å². The van der Waals surface area contributed by atoms with Crippen LogP contribution in [0.3, 0.4) is 0 Å². The average molecular weight is 387 g/mol. The molecule has 0 N–H and O–H groups in total. The van der Waals surface area contributed by atoms with Crippen molar-refractivity contribution in [2.75, 3.05) is 0 Å². The van der Waals surface area contributed by atoms with Crippen LogP contribution >= 0.6 is 11.8 Å². The maximum absolute atomic E-state index is 13.2. The third-order valence-electron chi connectivity index (χ3n) is 4.41. The number of pyridine rings is 1. The van der Waals surface area contributed by atoms with Crippen molar-refractivity contribution in [2.24, 2.45) is 0 Å². The number of para-hydroxylation sites is 1. The van der Waals surface area contributed by atoms with E-state index in [1.54, 1.807) is 34.8 Å². The highest BCUT2D eigenvalue weighted by atomic mass is 32.2. The number of aromatic nitrogens is 5. The lowest BCUT2D eigenvalue weighted by Crippen LogP contribution is -1.98. The Morgan fingerprint density at radius 1 is 0.929 bits per heavy atom. The molecule has 0 unspecified atom stereocenters. The maximum atomic E-state index is 13.2. The minimum Gasteiger partial charge on any atom is -0.252 e. The van der Waals surface area contributed by atoms with Gasteiger partial charge in [-0.2, -0.15) is 5.10 Å². The van der Waals surface area contributed by atoms with Gasteiger partial charge >= 0.3 is 0 Å². The molecule has 3 heterocycles. The molecule has 136 valence electrons. The van der Waals surface area contributed by atoms with Crippen LogP contribution in [0.2, 0.25) is 0 Å². The maximum Gasteiger partial charge on any atom is 0.167 e. The van der Waals surface area contributed by atoms with Gasteiger partial charge in [-0.1, -0.05) is 36.0 Å². The number of halogens is 1. The number of hydrogen-bond donors (Lipinski definition) is 0. The second kappa shape index (κ2) is 7.01. The zero-order valence-corrected chi connectivity index (χ0v) is 15.5. The van der Waals surface area contributed by atoms with Crippen LogP contribution in [0.15, 0.2) is 78.2 Å². The van der Waals surface area contributed by atoms with Gasteiger partial charge in [-0.05, 0) is 36.4 Å². The van der Waals surface area contributed by atoms with E-state index in [0.29, 0.717) is 11.4 Å². The Morgan fingerprint density at radius 3 is 2.68 bits per heavy atom. The molecule has 0 aliphatic rings. The average Bonchev–Trinajstić information content (AvgIpc) is 3.17. The minimum absolute atomic E-state index is 0.283. The lowest BCUT2D eigenvalue weighted by atomic mass is 10.2. The molecule has 0 aliphatic carbocycles. The lowest BCUT2D eigenvalue weighted by molar-refractivity contribution is 0.627. The van der Waals surface area contributed by atoms with E-state index in [9.17, 15) is 4.39 Å². The van der Waals surface area contributed by atoms with Crippen molar-refractivity contribution in [3.05, 3.63) is 84.7 Å². The fourth-order valence-electron chi connectivity index (χ4n) is 3.04. The molecule has 0 spiro atoms. The summed E-state index contributed by atoms with van der Waals surface area (Å²) in [6.07, 6.45) is 3.27. The van der Waals surface area contributed by atoms with Gasteiger partial charge in [0.1, 0.15) is 17.2 Å². The van der Waals surface area contributed by atoms with Crippen molar-refractivity contribution in [1.29, 1.82) is 0 Å². The van der Waals surface area contributed by atoms with Crippen molar-refractivity contribution >= 4 is 33.7 Å². The first kappa shape index (κ1) is 16.8. The number of hydrogen-bond acceptors (Lipinski definition) is 5. The summed E-state index contributed by atoms with van der Waals surface area (Å²) < 4.78 is 14.9. The molecule has 5 nitrogen and oxygen atoms in total. The minimum atomic E-state index is -0.283. The Hall–Kier alpha value is -3.32. The van der Waals surface area contributed by atoms with Crippen molar-refractivity contribution in [3.63, 3.8) is 0 Å². The Bertz CT molecular complexity index is 1280. The molecule has 0 aliphatic heterocycles.